The summed E-state index contributed by atoms with van der Waals surface area (Å²) in [5.74, 6) is 1.91. The van der Waals surface area contributed by atoms with Gasteiger partial charge in [0.15, 0.2) is 5.96 Å². The van der Waals surface area contributed by atoms with Crippen LogP contribution < -0.4 is 10.6 Å². The van der Waals surface area contributed by atoms with Crippen LogP contribution in [0.15, 0.2) is 35.3 Å². The topological polar surface area (TPSA) is 62.7 Å². The molecule has 0 amide bonds. The zero-order valence-electron chi connectivity index (χ0n) is 15.0. The average molecular weight is 467 g/mol. The molecule has 0 spiro atoms. The Morgan fingerprint density at radius 3 is 2.50 bits per heavy atom. The number of benzene rings is 1. The van der Waals surface area contributed by atoms with E-state index >= 15 is 0 Å². The van der Waals surface area contributed by atoms with Gasteiger partial charge >= 0.3 is 0 Å². The quantitative estimate of drug-likeness (QED) is 0.333. The number of halogens is 1. The van der Waals surface area contributed by atoms with Crippen LogP contribution in [-0.4, -0.2) is 48.3 Å². The third-order valence-electron chi connectivity index (χ3n) is 3.31. The monoisotopic (exact) mass is 467 g/mol. The van der Waals surface area contributed by atoms with Crippen molar-refractivity contribution >= 4 is 40.7 Å². The molecule has 0 aliphatic rings. The second kappa shape index (κ2) is 12.7. The molecule has 0 saturated carbocycles. The third-order valence-corrected chi connectivity index (χ3v) is 4.62. The number of nitrogens with one attached hydrogen (secondary N) is 2. The number of ether oxygens (including phenoxy) is 1. The molecule has 5 nitrogen and oxygen atoms in total. The molecule has 2 N–H and O–H groups in total. The molecule has 1 aromatic rings. The first-order chi connectivity index (χ1) is 11.0. The Kier molecular flexibility index (Phi) is 12.3. The number of hydrogen-bond donors (Lipinski definition) is 2. The maximum atomic E-state index is 12.1. The van der Waals surface area contributed by atoms with Crippen LogP contribution in [0, 0.1) is 0 Å². The number of rotatable bonds is 9. The summed E-state index contributed by atoms with van der Waals surface area (Å²) in [6.45, 7) is 7.98. The average Bonchev–Trinajstić information content (AvgIpc) is 2.53. The summed E-state index contributed by atoms with van der Waals surface area (Å²) in [6, 6.07) is 9.92. The van der Waals surface area contributed by atoms with Gasteiger partial charge in [0.2, 0.25) is 0 Å². The fourth-order valence-corrected chi connectivity index (χ4v) is 2.83. The first-order valence-corrected chi connectivity index (χ1v) is 9.42. The van der Waals surface area contributed by atoms with Crippen LogP contribution in [0.2, 0.25) is 0 Å². The number of aliphatic imine (C=N–C) groups is 1. The molecule has 1 rings (SSSR count). The van der Waals surface area contributed by atoms with Gasteiger partial charge < -0.3 is 15.4 Å². The Hall–Kier alpha value is -0.670. The lowest BCUT2D eigenvalue weighted by atomic mass is 10.1. The molecule has 0 heterocycles. The predicted molar refractivity (Wildman–Crippen MR) is 114 cm³/mol. The van der Waals surface area contributed by atoms with E-state index in [2.05, 4.69) is 15.6 Å². The van der Waals surface area contributed by atoms with Crippen molar-refractivity contribution in [3.63, 3.8) is 0 Å². The van der Waals surface area contributed by atoms with Gasteiger partial charge in [0.25, 0.3) is 0 Å². The van der Waals surface area contributed by atoms with Gasteiger partial charge in [0.05, 0.1) is 12.1 Å². The molecular formula is C17H30IN3O2S. The molecule has 0 aromatic heterocycles. The Labute approximate surface area is 165 Å². The van der Waals surface area contributed by atoms with Crippen LogP contribution in [0.3, 0.4) is 0 Å². The van der Waals surface area contributed by atoms with Crippen molar-refractivity contribution in [3.05, 3.63) is 35.9 Å². The van der Waals surface area contributed by atoms with Gasteiger partial charge in [-0.05, 0) is 26.3 Å². The molecule has 0 aliphatic heterocycles. The van der Waals surface area contributed by atoms with Crippen LogP contribution in [-0.2, 0) is 21.3 Å². The van der Waals surface area contributed by atoms with Crippen LogP contribution in [0.5, 0.6) is 0 Å². The summed E-state index contributed by atoms with van der Waals surface area (Å²) in [7, 11) is 0.799. The normalized spacial score (nSPS) is 13.1. The van der Waals surface area contributed by atoms with Crippen LogP contribution >= 0.6 is 24.0 Å². The van der Waals surface area contributed by atoms with E-state index in [1.54, 1.807) is 7.11 Å². The van der Waals surface area contributed by atoms with Gasteiger partial charge in [-0.2, -0.15) is 0 Å². The highest BCUT2D eigenvalue weighted by molar-refractivity contribution is 14.0. The lowest BCUT2D eigenvalue weighted by molar-refractivity contribution is 0.0311. The lowest BCUT2D eigenvalue weighted by Crippen LogP contribution is -2.40. The maximum absolute atomic E-state index is 12.1. The molecule has 0 saturated heterocycles. The Balaban J connectivity index is 0.00000529. The fraction of sp³-hybridized carbons (Fsp3) is 0.588. The predicted octanol–water partition coefficient (Wildman–Crippen LogP) is 2.53. The Morgan fingerprint density at radius 1 is 1.25 bits per heavy atom. The van der Waals surface area contributed by atoms with Crippen molar-refractivity contribution < 1.29 is 8.95 Å². The minimum atomic E-state index is -0.884. The lowest BCUT2D eigenvalue weighted by Gasteiger charge is -2.21. The second-order valence-corrected chi connectivity index (χ2v) is 7.44. The van der Waals surface area contributed by atoms with Gasteiger partial charge in [-0.3, -0.25) is 9.20 Å². The number of methoxy groups -OCH3 is 1. The molecule has 24 heavy (non-hydrogen) atoms. The zero-order chi connectivity index (χ0) is 17.1. The van der Waals surface area contributed by atoms with Gasteiger partial charge in [0.1, 0.15) is 0 Å². The summed E-state index contributed by atoms with van der Waals surface area (Å²) in [5, 5.41) is 6.41. The molecule has 0 bridgehead atoms. The number of guanidine groups is 1. The van der Waals surface area contributed by atoms with Gasteiger partial charge in [-0.15, -0.1) is 24.0 Å². The minimum absolute atomic E-state index is 0. The second-order valence-electron chi connectivity index (χ2n) is 5.86. The van der Waals surface area contributed by atoms with E-state index in [0.717, 1.165) is 18.1 Å². The minimum Gasteiger partial charge on any atom is -0.377 e. The van der Waals surface area contributed by atoms with E-state index in [1.165, 1.54) is 0 Å². The van der Waals surface area contributed by atoms with E-state index in [1.807, 2.05) is 51.1 Å². The molecular weight excluding hydrogens is 437 g/mol. The van der Waals surface area contributed by atoms with Crippen molar-refractivity contribution in [3.8, 4) is 0 Å². The number of nitrogens with zero attached hydrogens (tertiary/aromatic N) is 1. The molecule has 1 aromatic carbocycles. The molecule has 7 heteroatoms. The molecule has 138 valence electrons. The first-order valence-electron chi connectivity index (χ1n) is 7.93. The van der Waals surface area contributed by atoms with Gasteiger partial charge in [0, 0.05) is 42.5 Å². The van der Waals surface area contributed by atoms with Gasteiger partial charge in [-0.25, -0.2) is 0 Å². The smallest absolute Gasteiger partial charge is 0.191 e. The van der Waals surface area contributed by atoms with Crippen LogP contribution in [0.4, 0.5) is 0 Å². The molecule has 0 fully saturated rings. The van der Waals surface area contributed by atoms with E-state index in [0.29, 0.717) is 24.6 Å². The highest BCUT2D eigenvalue weighted by Crippen LogP contribution is 2.07. The van der Waals surface area contributed by atoms with E-state index in [-0.39, 0.29) is 29.6 Å². The summed E-state index contributed by atoms with van der Waals surface area (Å²) < 4.78 is 17.5. The van der Waals surface area contributed by atoms with Crippen molar-refractivity contribution in [2.75, 3.05) is 32.5 Å². The SMILES string of the molecule is CCNC(=NCC(C)(C)OC)NCCS(=O)Cc1ccccc1.I. The molecule has 1 atom stereocenters. The van der Waals surface area contributed by atoms with E-state index in [4.69, 9.17) is 4.74 Å². The van der Waals surface area contributed by atoms with Crippen molar-refractivity contribution in [1.29, 1.82) is 0 Å². The van der Waals surface area contributed by atoms with Gasteiger partial charge in [-0.1, -0.05) is 30.3 Å². The van der Waals surface area contributed by atoms with Crippen molar-refractivity contribution in [2.24, 2.45) is 4.99 Å². The molecule has 0 aliphatic carbocycles. The van der Waals surface area contributed by atoms with Crippen molar-refractivity contribution in [2.45, 2.75) is 32.1 Å². The standard InChI is InChI=1S/C17H29N3O2S.HI/c1-5-18-16(20-14-17(2,3)22-4)19-11-12-23(21)13-15-9-7-6-8-10-15;/h6-10H,5,11-14H2,1-4H3,(H2,18,19,20);1H. The molecule has 1 unspecified atom stereocenters. The van der Waals surface area contributed by atoms with Crippen LogP contribution in [0.1, 0.15) is 26.3 Å². The van der Waals surface area contributed by atoms with E-state index in [9.17, 15) is 4.21 Å². The largest absolute Gasteiger partial charge is 0.377 e. The molecule has 0 radical (unpaired) electrons. The highest BCUT2D eigenvalue weighted by Gasteiger charge is 2.15. The fourth-order valence-electron chi connectivity index (χ4n) is 1.79. The number of hydrogen-bond acceptors (Lipinski definition) is 3. The van der Waals surface area contributed by atoms with Crippen LogP contribution in [0.25, 0.3) is 0 Å². The van der Waals surface area contributed by atoms with Crippen molar-refractivity contribution in [1.82, 2.24) is 10.6 Å². The zero-order valence-corrected chi connectivity index (χ0v) is 18.1. The summed E-state index contributed by atoms with van der Waals surface area (Å²) in [6.07, 6.45) is 0. The first kappa shape index (κ1) is 23.3. The Bertz CT molecular complexity index is 510. The third kappa shape index (κ3) is 10.2. The van der Waals surface area contributed by atoms with E-state index < -0.39 is 10.8 Å². The Morgan fingerprint density at radius 2 is 1.92 bits per heavy atom. The summed E-state index contributed by atoms with van der Waals surface area (Å²) in [4.78, 5) is 4.51. The summed E-state index contributed by atoms with van der Waals surface area (Å²) >= 11 is 0. The maximum Gasteiger partial charge on any atom is 0.191 e. The highest BCUT2D eigenvalue weighted by atomic mass is 127. The summed E-state index contributed by atoms with van der Waals surface area (Å²) in [5.41, 5.74) is 0.812.